The minimum Gasteiger partial charge on any atom is -0.392 e. The molecule has 0 aromatic heterocycles. The number of aliphatic hydroxyl groups is 8. The number of ether oxygens (including phenoxy) is 10. The molecule has 0 unspecified atom stereocenters. The second-order valence-electron chi connectivity index (χ2n) is 23.1. The fourth-order valence-electron chi connectivity index (χ4n) is 11.7. The molecule has 78 heavy (non-hydrogen) atoms. The first kappa shape index (κ1) is 68.2. The Morgan fingerprint density at radius 3 is 2.04 bits per heavy atom. The Bertz CT molecular complexity index is 2010. The van der Waals surface area contributed by atoms with Crippen molar-refractivity contribution in [3.8, 4) is 0 Å². The van der Waals surface area contributed by atoms with E-state index in [1.54, 1.807) is 41.5 Å². The molecule has 450 valence electrons. The van der Waals surface area contributed by atoms with E-state index in [0.29, 0.717) is 18.4 Å². The fraction of sp³-hybridized carbons (Fsp3) is 0.814. The summed E-state index contributed by atoms with van der Waals surface area (Å²) < 4.78 is 59.7. The largest absolute Gasteiger partial charge is 0.392 e. The Kier molecular flexibility index (Phi) is 26.9. The van der Waals surface area contributed by atoms with E-state index in [4.69, 9.17) is 47.4 Å². The number of carbonyl (C=O) groups is 1. The van der Waals surface area contributed by atoms with Crippen LogP contribution in [-0.2, 0) is 52.2 Å². The zero-order valence-corrected chi connectivity index (χ0v) is 49.4. The van der Waals surface area contributed by atoms with E-state index in [2.05, 4.69) is 6.08 Å². The minimum atomic E-state index is -2.18. The van der Waals surface area contributed by atoms with Crippen molar-refractivity contribution in [2.75, 3.05) is 35.0 Å². The Morgan fingerprint density at radius 1 is 0.769 bits per heavy atom. The van der Waals surface area contributed by atoms with Crippen molar-refractivity contribution < 1.29 is 93.0 Å². The summed E-state index contributed by atoms with van der Waals surface area (Å²) in [6.45, 7) is 21.6. The zero-order valence-electron chi connectivity index (χ0n) is 49.4. The molecule has 8 N–H and O–H groups in total. The standard InChI is InChI=1S/C59H100O19/c1-31(20-21-43(56-54(66)53(65)55(72-16)40(10)75-56)35(5)26-33(3)24-32(2)25-34(4)38(8)60)18-17-19-44(61)45(70-14)22-23-48(62)59(68)37(7)51(63)36(6)46(78-59)27-42(30-69-13)76-50-29-58(12,67)57(41(11)74-50)77-49-28-47(71-15)52(64)39(9)73-49/h18,20-21,24-26,35-37,39-57,61-68H,17,19,22-23,27-30H2,1-16H3/b21-20+,31-18+,32-24+,33-26+,34-25+/t35-,36+,37-,39-,40+,41+,42-,43-,44+,45+,46-,47-,48-,49+,50+,51+,52-,53+,54+,55+,56-,57+,58+,59-/m1/s1. The Labute approximate surface area is 464 Å². The second kappa shape index (κ2) is 30.8. The Hall–Kier alpha value is -2.35. The summed E-state index contributed by atoms with van der Waals surface area (Å²) in [5.74, 6) is -4.12. The lowest BCUT2D eigenvalue weighted by Crippen LogP contribution is -2.63. The van der Waals surface area contributed by atoms with Crippen molar-refractivity contribution in [3.05, 3.63) is 58.7 Å². The fourth-order valence-corrected chi connectivity index (χ4v) is 11.7. The molecule has 19 heteroatoms. The maximum Gasteiger partial charge on any atom is 0.197 e. The van der Waals surface area contributed by atoms with Gasteiger partial charge < -0.3 is 88.2 Å². The van der Waals surface area contributed by atoms with Crippen LogP contribution in [0.15, 0.2) is 58.7 Å². The lowest BCUT2D eigenvalue weighted by Gasteiger charge is -2.50. The van der Waals surface area contributed by atoms with Gasteiger partial charge in [0, 0.05) is 65.5 Å². The third kappa shape index (κ3) is 18.1. The molecule has 0 amide bonds. The number of rotatable bonds is 27. The quantitative estimate of drug-likeness (QED) is 0.0401. The molecule has 24 atom stereocenters. The van der Waals surface area contributed by atoms with Gasteiger partial charge in [-0.15, -0.1) is 0 Å². The highest BCUT2D eigenvalue weighted by molar-refractivity contribution is 5.93. The molecule has 4 aliphatic heterocycles. The number of Topliss-reactive ketones (excluding diaryl/α,β-unsaturated/α-hetero) is 1. The van der Waals surface area contributed by atoms with Gasteiger partial charge in [0.05, 0.1) is 73.2 Å². The number of hydrogen-bond donors (Lipinski definition) is 8. The molecule has 0 spiro atoms. The van der Waals surface area contributed by atoms with Gasteiger partial charge in [-0.1, -0.05) is 73.9 Å². The van der Waals surface area contributed by atoms with E-state index < -0.39 is 133 Å². The van der Waals surface area contributed by atoms with E-state index in [-0.39, 0.29) is 56.3 Å². The van der Waals surface area contributed by atoms with Gasteiger partial charge in [0.25, 0.3) is 0 Å². The van der Waals surface area contributed by atoms with E-state index in [1.807, 2.05) is 65.0 Å². The minimum absolute atomic E-state index is 0.00185. The molecule has 0 aromatic rings. The predicted octanol–water partition coefficient (Wildman–Crippen LogP) is 4.91. The van der Waals surface area contributed by atoms with E-state index in [9.17, 15) is 45.6 Å². The van der Waals surface area contributed by atoms with Crippen LogP contribution >= 0.6 is 0 Å². The molecule has 19 nitrogen and oxygen atoms in total. The molecule has 4 saturated heterocycles. The van der Waals surface area contributed by atoms with E-state index in [1.165, 1.54) is 35.4 Å². The molecule has 4 fully saturated rings. The zero-order chi connectivity index (χ0) is 58.6. The summed E-state index contributed by atoms with van der Waals surface area (Å²) in [5.41, 5.74) is 1.99. The van der Waals surface area contributed by atoms with Crippen molar-refractivity contribution in [1.82, 2.24) is 0 Å². The molecule has 0 bridgehead atoms. The van der Waals surface area contributed by atoms with Crippen LogP contribution in [-0.4, -0.2) is 203 Å². The molecule has 0 saturated carbocycles. The number of ketones is 1. The molecule has 0 aliphatic carbocycles. The first-order chi connectivity index (χ1) is 36.5. The third-order valence-corrected chi connectivity index (χ3v) is 16.6. The molecule has 4 heterocycles. The maximum atomic E-state index is 12.1. The average Bonchev–Trinajstić information content (AvgIpc) is 3.36. The molecule has 4 aliphatic rings. The van der Waals surface area contributed by atoms with Crippen LogP contribution < -0.4 is 0 Å². The van der Waals surface area contributed by atoms with Crippen molar-refractivity contribution in [2.24, 2.45) is 23.7 Å². The number of allylic oxidation sites excluding steroid dienone is 9. The Balaban J connectivity index is 1.39. The van der Waals surface area contributed by atoms with Gasteiger partial charge in [-0.25, -0.2) is 0 Å². The van der Waals surface area contributed by atoms with E-state index >= 15 is 0 Å². The maximum absolute atomic E-state index is 12.1. The SMILES string of the molecule is COC[C@@H](C[C@H]1O[C@@](O)([C@H](O)CC[C@H](OC)[C@@H](O)CC/C=C(C)/C=C/[C@@H]([C@H]2O[C@@H](C)[C@H](OC)[C@@H](O)[C@@H]2O)[C@H](C)/C=C(C)/C=C(C)/C=C(\C)C(C)=O)[C@H](C)[C@@H](O)[C@H]1C)O[C@H]1C[C@](C)(O)[C@@H](O[C@H]2C[C@@H](OC)[C@H](O)[C@@H](C)O2)[C@H](C)O1. The third-order valence-electron chi connectivity index (χ3n) is 16.6. The van der Waals surface area contributed by atoms with Crippen LogP contribution in [0.4, 0.5) is 0 Å². The van der Waals surface area contributed by atoms with Crippen LogP contribution in [0.25, 0.3) is 0 Å². The smallest absolute Gasteiger partial charge is 0.197 e. The first-order valence-corrected chi connectivity index (χ1v) is 28.0. The summed E-state index contributed by atoms with van der Waals surface area (Å²) in [5, 5.41) is 91.2. The van der Waals surface area contributed by atoms with Gasteiger partial charge in [0.15, 0.2) is 24.2 Å². The highest BCUT2D eigenvalue weighted by Gasteiger charge is 2.55. The van der Waals surface area contributed by atoms with Crippen LogP contribution in [0.3, 0.4) is 0 Å². The van der Waals surface area contributed by atoms with Gasteiger partial charge >= 0.3 is 0 Å². The lowest BCUT2D eigenvalue weighted by molar-refractivity contribution is -0.358. The summed E-state index contributed by atoms with van der Waals surface area (Å²) in [6, 6.07) is 0. The Morgan fingerprint density at radius 2 is 1.44 bits per heavy atom. The van der Waals surface area contributed by atoms with Crippen LogP contribution in [0.5, 0.6) is 0 Å². The van der Waals surface area contributed by atoms with Gasteiger partial charge in [0.1, 0.15) is 36.6 Å². The van der Waals surface area contributed by atoms with Crippen LogP contribution in [0, 0.1) is 23.7 Å². The predicted molar refractivity (Wildman–Crippen MR) is 292 cm³/mol. The van der Waals surface area contributed by atoms with Gasteiger partial charge in [0.2, 0.25) is 0 Å². The monoisotopic (exact) mass is 1110 g/mol. The van der Waals surface area contributed by atoms with Crippen molar-refractivity contribution in [1.29, 1.82) is 0 Å². The highest BCUT2D eigenvalue weighted by Crippen LogP contribution is 2.42. The summed E-state index contributed by atoms with van der Waals surface area (Å²) in [6.07, 6.45) is -1.95. The number of carbonyl (C=O) groups excluding carboxylic acids is 1. The van der Waals surface area contributed by atoms with Crippen LogP contribution in [0.1, 0.15) is 128 Å². The van der Waals surface area contributed by atoms with Crippen molar-refractivity contribution >= 4 is 5.78 Å². The molecular formula is C59H100O19. The average molecular weight is 1110 g/mol. The second-order valence-corrected chi connectivity index (χ2v) is 23.1. The van der Waals surface area contributed by atoms with Gasteiger partial charge in [-0.2, -0.15) is 0 Å². The number of hydrogen-bond acceptors (Lipinski definition) is 19. The van der Waals surface area contributed by atoms with Crippen molar-refractivity contribution in [2.45, 2.75) is 250 Å². The topological polar surface area (TPSA) is 271 Å². The normalized spacial score (nSPS) is 39.2. The summed E-state index contributed by atoms with van der Waals surface area (Å²) >= 11 is 0. The number of methoxy groups -OCH3 is 4. The van der Waals surface area contributed by atoms with Gasteiger partial charge in [-0.3, -0.25) is 4.79 Å². The van der Waals surface area contributed by atoms with E-state index in [0.717, 1.165) is 16.7 Å². The summed E-state index contributed by atoms with van der Waals surface area (Å²) in [7, 11) is 5.97. The van der Waals surface area contributed by atoms with Gasteiger partial charge in [-0.05, 0) is 99.5 Å². The highest BCUT2D eigenvalue weighted by atomic mass is 16.7. The number of aliphatic hydroxyl groups excluding tert-OH is 6. The molecule has 4 rings (SSSR count). The first-order valence-electron chi connectivity index (χ1n) is 28.0. The van der Waals surface area contributed by atoms with Crippen molar-refractivity contribution in [3.63, 3.8) is 0 Å². The molecule has 0 aromatic carbocycles. The molecular weight excluding hydrogens is 1010 g/mol. The lowest BCUT2D eigenvalue weighted by atomic mass is 9.76. The van der Waals surface area contributed by atoms with Crippen LogP contribution in [0.2, 0.25) is 0 Å². The summed E-state index contributed by atoms with van der Waals surface area (Å²) in [4.78, 5) is 11.8. The molecule has 0 radical (unpaired) electrons.